The van der Waals surface area contributed by atoms with E-state index in [4.69, 9.17) is 5.11 Å². The van der Waals surface area contributed by atoms with Gasteiger partial charge in [-0.25, -0.2) is 4.79 Å². The van der Waals surface area contributed by atoms with Crippen LogP contribution in [0.3, 0.4) is 0 Å². The first-order valence-electron chi connectivity index (χ1n) is 7.58. The van der Waals surface area contributed by atoms with Crippen LogP contribution in [0.25, 0.3) is 0 Å². The van der Waals surface area contributed by atoms with Crippen molar-refractivity contribution >= 4 is 12.0 Å². The van der Waals surface area contributed by atoms with Gasteiger partial charge in [0.15, 0.2) is 0 Å². The van der Waals surface area contributed by atoms with Crippen molar-refractivity contribution in [1.29, 1.82) is 0 Å². The number of carboxylic acids is 1. The molecule has 3 rings (SSSR count). The van der Waals surface area contributed by atoms with Gasteiger partial charge in [0.05, 0.1) is 5.41 Å². The minimum atomic E-state index is -0.785. The molecule has 20 heavy (non-hydrogen) atoms. The Balaban J connectivity index is 1.39. The highest BCUT2D eigenvalue weighted by Crippen LogP contribution is 2.45. The van der Waals surface area contributed by atoms with Crippen molar-refractivity contribution in [3.05, 3.63) is 0 Å². The maximum atomic E-state index is 12.0. The number of hydrogen-bond acceptors (Lipinski definition) is 3. The first kappa shape index (κ1) is 13.7. The fourth-order valence-electron chi connectivity index (χ4n) is 2.77. The maximum absolute atomic E-state index is 12.0. The summed E-state index contributed by atoms with van der Waals surface area (Å²) in [5.74, 6) is 0.104. The lowest BCUT2D eigenvalue weighted by Gasteiger charge is -2.34. The molecule has 2 aliphatic carbocycles. The van der Waals surface area contributed by atoms with Gasteiger partial charge in [-0.15, -0.1) is 0 Å². The van der Waals surface area contributed by atoms with Gasteiger partial charge in [0, 0.05) is 39.3 Å². The lowest BCUT2D eigenvalue weighted by atomic mass is 10.1. The summed E-state index contributed by atoms with van der Waals surface area (Å²) in [7, 11) is 0. The van der Waals surface area contributed by atoms with Gasteiger partial charge in [0.25, 0.3) is 0 Å². The zero-order valence-corrected chi connectivity index (χ0v) is 11.8. The lowest BCUT2D eigenvalue weighted by molar-refractivity contribution is -0.143. The number of amides is 2. The Kier molecular flexibility index (Phi) is 3.58. The largest absolute Gasteiger partial charge is 0.481 e. The number of piperazine rings is 1. The molecule has 3 aliphatic rings. The highest BCUT2D eigenvalue weighted by atomic mass is 16.4. The fraction of sp³-hybridized carbons (Fsp3) is 0.857. The molecule has 2 amide bonds. The molecule has 0 spiro atoms. The third-order valence-corrected chi connectivity index (χ3v) is 4.76. The van der Waals surface area contributed by atoms with Crippen molar-refractivity contribution in [1.82, 2.24) is 15.1 Å². The molecule has 1 saturated heterocycles. The van der Waals surface area contributed by atoms with E-state index in [0.717, 1.165) is 32.1 Å². The summed E-state index contributed by atoms with van der Waals surface area (Å²) < 4.78 is 0. The molecule has 0 bridgehead atoms. The Morgan fingerprint density at radius 3 is 2.30 bits per heavy atom. The molecule has 2 N–H and O–H groups in total. The van der Waals surface area contributed by atoms with Crippen molar-refractivity contribution in [3.63, 3.8) is 0 Å². The number of aliphatic carboxylic acids is 1. The van der Waals surface area contributed by atoms with Crippen LogP contribution in [0.5, 0.6) is 0 Å². The SMILES string of the molecule is O=C(NCC1(C(=O)O)CC1)N1CCN(CC2CC2)CC1. The third-order valence-electron chi connectivity index (χ3n) is 4.76. The monoisotopic (exact) mass is 281 g/mol. The summed E-state index contributed by atoms with van der Waals surface area (Å²) in [4.78, 5) is 27.3. The molecule has 0 unspecified atom stereocenters. The minimum Gasteiger partial charge on any atom is -0.481 e. The van der Waals surface area contributed by atoms with E-state index < -0.39 is 11.4 Å². The van der Waals surface area contributed by atoms with Gasteiger partial charge in [-0.05, 0) is 31.6 Å². The highest BCUT2D eigenvalue weighted by molar-refractivity contribution is 5.80. The summed E-state index contributed by atoms with van der Waals surface area (Å²) in [6.07, 6.45) is 4.07. The molecule has 3 fully saturated rings. The van der Waals surface area contributed by atoms with Crippen LogP contribution in [-0.4, -0.2) is 66.2 Å². The van der Waals surface area contributed by atoms with E-state index in [1.165, 1.54) is 19.4 Å². The lowest BCUT2D eigenvalue weighted by Crippen LogP contribution is -2.53. The van der Waals surface area contributed by atoms with E-state index in [9.17, 15) is 9.59 Å². The molecule has 2 saturated carbocycles. The number of rotatable bonds is 5. The van der Waals surface area contributed by atoms with Crippen LogP contribution in [0.2, 0.25) is 0 Å². The van der Waals surface area contributed by atoms with E-state index in [1.807, 2.05) is 0 Å². The van der Waals surface area contributed by atoms with Gasteiger partial charge in [0.1, 0.15) is 0 Å². The number of carbonyl (C=O) groups excluding carboxylic acids is 1. The molecule has 0 aromatic heterocycles. The fourth-order valence-corrected chi connectivity index (χ4v) is 2.77. The van der Waals surface area contributed by atoms with Crippen molar-refractivity contribution in [3.8, 4) is 0 Å². The zero-order chi connectivity index (χ0) is 14.2. The van der Waals surface area contributed by atoms with Gasteiger partial charge >= 0.3 is 12.0 Å². The number of carbonyl (C=O) groups is 2. The number of hydrogen-bond donors (Lipinski definition) is 2. The number of nitrogens with zero attached hydrogens (tertiary/aromatic N) is 2. The predicted octanol–water partition coefficient (Wildman–Crippen LogP) is 0.588. The van der Waals surface area contributed by atoms with Crippen LogP contribution < -0.4 is 5.32 Å². The standard InChI is InChI=1S/C14H23N3O3/c18-12(19)14(3-4-14)10-15-13(20)17-7-5-16(6-8-17)9-11-1-2-11/h11H,1-10H2,(H,15,20)(H,18,19). The second-order valence-corrected chi connectivity index (χ2v) is 6.48. The number of nitrogens with one attached hydrogen (secondary N) is 1. The molecule has 0 atom stereocenters. The molecule has 1 heterocycles. The second-order valence-electron chi connectivity index (χ2n) is 6.48. The molecular formula is C14H23N3O3. The van der Waals surface area contributed by atoms with Crippen LogP contribution in [0.15, 0.2) is 0 Å². The summed E-state index contributed by atoms with van der Waals surface area (Å²) in [6.45, 7) is 4.82. The number of carboxylic acid groups (broad SMARTS) is 1. The Labute approximate surface area is 119 Å². The first-order chi connectivity index (χ1) is 9.59. The van der Waals surface area contributed by atoms with Crippen LogP contribution >= 0.6 is 0 Å². The second kappa shape index (κ2) is 5.24. The van der Waals surface area contributed by atoms with E-state index in [2.05, 4.69) is 10.2 Å². The van der Waals surface area contributed by atoms with E-state index in [1.54, 1.807) is 4.90 Å². The third kappa shape index (κ3) is 3.06. The van der Waals surface area contributed by atoms with Crippen LogP contribution in [0.4, 0.5) is 4.79 Å². The van der Waals surface area contributed by atoms with Gasteiger partial charge in [-0.1, -0.05) is 0 Å². The minimum absolute atomic E-state index is 0.108. The molecular weight excluding hydrogens is 258 g/mol. The van der Waals surface area contributed by atoms with Crippen molar-refractivity contribution in [2.75, 3.05) is 39.3 Å². The van der Waals surface area contributed by atoms with Gasteiger partial charge in [-0.3, -0.25) is 9.69 Å². The molecule has 6 heteroatoms. The Hall–Kier alpha value is -1.30. The Bertz CT molecular complexity index is 396. The quantitative estimate of drug-likeness (QED) is 0.773. The number of urea groups is 1. The van der Waals surface area contributed by atoms with Crippen molar-refractivity contribution in [2.24, 2.45) is 11.3 Å². The van der Waals surface area contributed by atoms with Crippen molar-refractivity contribution in [2.45, 2.75) is 25.7 Å². The van der Waals surface area contributed by atoms with Gasteiger partial charge in [0.2, 0.25) is 0 Å². The molecule has 1 aliphatic heterocycles. The molecule has 0 radical (unpaired) electrons. The summed E-state index contributed by atoms with van der Waals surface area (Å²) in [5, 5.41) is 11.9. The predicted molar refractivity (Wildman–Crippen MR) is 73.4 cm³/mol. The smallest absolute Gasteiger partial charge is 0.317 e. The van der Waals surface area contributed by atoms with Crippen molar-refractivity contribution < 1.29 is 14.7 Å². The van der Waals surface area contributed by atoms with Gasteiger partial charge in [-0.2, -0.15) is 0 Å². The average Bonchev–Trinajstić information content (AvgIpc) is 3.32. The highest BCUT2D eigenvalue weighted by Gasteiger charge is 2.50. The zero-order valence-electron chi connectivity index (χ0n) is 11.8. The molecule has 112 valence electrons. The Morgan fingerprint density at radius 1 is 1.15 bits per heavy atom. The summed E-state index contributed by atoms with van der Waals surface area (Å²) in [5.41, 5.74) is -0.677. The maximum Gasteiger partial charge on any atom is 0.317 e. The first-order valence-corrected chi connectivity index (χ1v) is 7.58. The molecule has 0 aromatic carbocycles. The van der Waals surface area contributed by atoms with E-state index in [-0.39, 0.29) is 12.6 Å². The normalized spacial score (nSPS) is 25.3. The van der Waals surface area contributed by atoms with E-state index in [0.29, 0.717) is 12.8 Å². The molecule has 6 nitrogen and oxygen atoms in total. The Morgan fingerprint density at radius 2 is 1.80 bits per heavy atom. The summed E-state index contributed by atoms with van der Waals surface area (Å²) >= 11 is 0. The van der Waals surface area contributed by atoms with E-state index >= 15 is 0 Å². The molecule has 0 aromatic rings. The summed E-state index contributed by atoms with van der Waals surface area (Å²) in [6, 6.07) is -0.108. The average molecular weight is 281 g/mol. The van der Waals surface area contributed by atoms with Crippen LogP contribution in [-0.2, 0) is 4.79 Å². The van der Waals surface area contributed by atoms with Crippen LogP contribution in [0, 0.1) is 11.3 Å². The topological polar surface area (TPSA) is 72.9 Å². The van der Waals surface area contributed by atoms with Gasteiger partial charge < -0.3 is 15.3 Å². The van der Waals surface area contributed by atoms with Crippen LogP contribution in [0.1, 0.15) is 25.7 Å².